The Morgan fingerprint density at radius 3 is 2.84 bits per heavy atom. The number of ether oxygens (including phenoxy) is 1. The summed E-state index contributed by atoms with van der Waals surface area (Å²) in [5, 5.41) is 4.09. The van der Waals surface area contributed by atoms with Gasteiger partial charge in [0.1, 0.15) is 12.4 Å². The van der Waals surface area contributed by atoms with Gasteiger partial charge in [-0.25, -0.2) is 4.79 Å². The molecule has 4 aromatic rings. The number of hydrogen-bond acceptors (Lipinski definition) is 3. The number of benzene rings is 3. The van der Waals surface area contributed by atoms with E-state index in [0.29, 0.717) is 6.61 Å². The number of hydrogen-bond donors (Lipinski definition) is 2. The van der Waals surface area contributed by atoms with E-state index in [-0.39, 0.29) is 6.03 Å². The van der Waals surface area contributed by atoms with Gasteiger partial charge in [0.2, 0.25) is 0 Å². The van der Waals surface area contributed by atoms with Crippen LogP contribution >= 0.6 is 0 Å². The van der Waals surface area contributed by atoms with E-state index in [1.165, 1.54) is 5.56 Å². The maximum atomic E-state index is 12.9. The van der Waals surface area contributed by atoms with Gasteiger partial charge < -0.3 is 19.9 Å². The van der Waals surface area contributed by atoms with Gasteiger partial charge in [-0.05, 0) is 47.3 Å². The van der Waals surface area contributed by atoms with Crippen LogP contribution in [0.25, 0.3) is 10.9 Å². The van der Waals surface area contributed by atoms with E-state index in [4.69, 9.17) is 4.74 Å². The van der Waals surface area contributed by atoms with E-state index in [0.717, 1.165) is 46.8 Å². The van der Waals surface area contributed by atoms with Gasteiger partial charge >= 0.3 is 6.03 Å². The Kier molecular flexibility index (Phi) is 4.96. The third-order valence-corrected chi connectivity index (χ3v) is 5.62. The number of fused-ring (bicyclic) bond motifs is 2. The van der Waals surface area contributed by atoms with Crippen LogP contribution in [0.5, 0.6) is 5.75 Å². The number of nitrogens with zero attached hydrogens (tertiary/aromatic N) is 2. The zero-order valence-electron chi connectivity index (χ0n) is 17.3. The van der Waals surface area contributed by atoms with Crippen molar-refractivity contribution in [2.45, 2.75) is 6.54 Å². The van der Waals surface area contributed by atoms with Gasteiger partial charge in [-0.15, -0.1) is 0 Å². The summed E-state index contributed by atoms with van der Waals surface area (Å²) in [5.74, 6) is 0.844. The molecule has 3 aromatic carbocycles. The topological polar surface area (TPSA) is 60.6 Å². The van der Waals surface area contributed by atoms with Crippen molar-refractivity contribution >= 4 is 34.0 Å². The molecule has 156 valence electrons. The Balaban J connectivity index is 1.36. The summed E-state index contributed by atoms with van der Waals surface area (Å²) >= 11 is 0. The highest BCUT2D eigenvalue weighted by molar-refractivity contribution is 6.02. The van der Waals surface area contributed by atoms with E-state index < -0.39 is 0 Å². The Morgan fingerprint density at radius 2 is 1.97 bits per heavy atom. The number of H-pyrrole nitrogens is 1. The second-order valence-electron chi connectivity index (χ2n) is 7.68. The largest absolute Gasteiger partial charge is 0.490 e. The quantitative estimate of drug-likeness (QED) is 0.482. The first-order valence-electron chi connectivity index (χ1n) is 10.3. The normalized spacial score (nSPS) is 12.9. The lowest BCUT2D eigenvalue weighted by Gasteiger charge is -2.32. The Morgan fingerprint density at radius 1 is 1.10 bits per heavy atom. The molecule has 0 bridgehead atoms. The van der Waals surface area contributed by atoms with Crippen molar-refractivity contribution in [3.8, 4) is 5.75 Å². The molecule has 0 saturated heterocycles. The second kappa shape index (κ2) is 8.07. The maximum absolute atomic E-state index is 12.9. The molecule has 0 saturated carbocycles. The van der Waals surface area contributed by atoms with E-state index in [2.05, 4.69) is 39.5 Å². The predicted octanol–water partition coefficient (Wildman–Crippen LogP) is 5.24. The second-order valence-corrected chi connectivity index (χ2v) is 7.68. The molecule has 0 unspecified atom stereocenters. The zero-order chi connectivity index (χ0) is 21.2. The lowest BCUT2D eigenvalue weighted by atomic mass is 10.1. The number of aromatic nitrogens is 1. The van der Waals surface area contributed by atoms with Crippen LogP contribution < -0.4 is 19.9 Å². The van der Waals surface area contributed by atoms with Gasteiger partial charge in [-0.3, -0.25) is 4.90 Å². The summed E-state index contributed by atoms with van der Waals surface area (Å²) in [7, 11) is 1.77. The summed E-state index contributed by atoms with van der Waals surface area (Å²) < 4.78 is 5.85. The molecule has 2 heterocycles. The van der Waals surface area contributed by atoms with Crippen LogP contribution in [-0.4, -0.2) is 31.2 Å². The van der Waals surface area contributed by atoms with E-state index >= 15 is 0 Å². The van der Waals surface area contributed by atoms with E-state index in [9.17, 15) is 4.79 Å². The molecule has 5 rings (SSSR count). The molecule has 2 N–H and O–H groups in total. The zero-order valence-corrected chi connectivity index (χ0v) is 17.3. The lowest BCUT2D eigenvalue weighted by Crippen LogP contribution is -2.34. The SMILES string of the molecule is CN(C(=O)Nc1ccc2cc[nH]c2c1)c1ccc2c(c1)N(Cc1ccccc1)CCO2. The monoisotopic (exact) mass is 412 g/mol. The van der Waals surface area contributed by atoms with Crippen molar-refractivity contribution in [3.63, 3.8) is 0 Å². The minimum Gasteiger partial charge on any atom is -0.490 e. The van der Waals surface area contributed by atoms with Crippen LogP contribution in [0.4, 0.5) is 21.9 Å². The van der Waals surface area contributed by atoms with Crippen molar-refractivity contribution in [1.82, 2.24) is 4.98 Å². The van der Waals surface area contributed by atoms with Crippen LogP contribution in [-0.2, 0) is 6.54 Å². The summed E-state index contributed by atoms with van der Waals surface area (Å²) in [6, 6.07) is 23.9. The number of urea groups is 1. The first-order valence-corrected chi connectivity index (χ1v) is 10.3. The Labute approximate surface area is 181 Å². The molecule has 2 amide bonds. The third kappa shape index (κ3) is 3.92. The summed E-state index contributed by atoms with van der Waals surface area (Å²) in [6.45, 7) is 2.25. The van der Waals surface area contributed by atoms with Gasteiger partial charge in [0.05, 0.1) is 12.2 Å². The summed E-state index contributed by atoms with van der Waals surface area (Å²) in [6.07, 6.45) is 1.89. The molecule has 0 atom stereocenters. The van der Waals surface area contributed by atoms with Crippen LogP contribution in [0.1, 0.15) is 5.56 Å². The first kappa shape index (κ1) is 19.1. The molecule has 1 aliphatic rings. The van der Waals surface area contributed by atoms with Crippen LogP contribution in [0.3, 0.4) is 0 Å². The molecule has 6 heteroatoms. The molecule has 0 radical (unpaired) electrons. The average Bonchev–Trinajstić information content (AvgIpc) is 3.27. The van der Waals surface area contributed by atoms with Gasteiger partial charge in [0.25, 0.3) is 0 Å². The maximum Gasteiger partial charge on any atom is 0.326 e. The summed E-state index contributed by atoms with van der Waals surface area (Å²) in [4.78, 5) is 20.0. The van der Waals surface area contributed by atoms with Gasteiger partial charge in [0.15, 0.2) is 0 Å². The number of aromatic amines is 1. The van der Waals surface area contributed by atoms with Crippen LogP contribution in [0.15, 0.2) is 79.0 Å². The lowest BCUT2D eigenvalue weighted by molar-refractivity contribution is 0.258. The van der Waals surface area contributed by atoms with Crippen LogP contribution in [0.2, 0.25) is 0 Å². The van der Waals surface area contributed by atoms with Crippen molar-refractivity contribution in [2.75, 3.05) is 35.3 Å². The Bertz CT molecular complexity index is 1220. The molecule has 1 aliphatic heterocycles. The number of carbonyl (C=O) groups is 1. The van der Waals surface area contributed by atoms with Gasteiger partial charge in [-0.1, -0.05) is 36.4 Å². The molecular formula is C25H24N4O2. The van der Waals surface area contributed by atoms with E-state index in [1.54, 1.807) is 11.9 Å². The number of rotatable bonds is 4. The third-order valence-electron chi connectivity index (χ3n) is 5.62. The minimum absolute atomic E-state index is 0.197. The highest BCUT2D eigenvalue weighted by atomic mass is 16.5. The summed E-state index contributed by atoms with van der Waals surface area (Å²) in [5.41, 5.74) is 4.79. The van der Waals surface area contributed by atoms with Crippen molar-refractivity contribution in [1.29, 1.82) is 0 Å². The van der Waals surface area contributed by atoms with Crippen LogP contribution in [0, 0.1) is 0 Å². The standard InChI is InChI=1S/C25H24N4O2/c1-28(25(30)27-20-8-7-19-11-12-26-22(19)15-20)21-9-10-24-23(16-21)29(13-14-31-24)17-18-5-3-2-4-6-18/h2-12,15-16,26H,13-14,17H2,1H3,(H,27,30). The van der Waals surface area contributed by atoms with Crippen molar-refractivity contribution in [2.24, 2.45) is 0 Å². The fourth-order valence-electron chi connectivity index (χ4n) is 3.89. The first-order chi connectivity index (χ1) is 15.2. The number of nitrogens with one attached hydrogen (secondary N) is 2. The van der Waals surface area contributed by atoms with Gasteiger partial charge in [0, 0.05) is 36.7 Å². The smallest absolute Gasteiger partial charge is 0.326 e. The molecular weight excluding hydrogens is 388 g/mol. The fraction of sp³-hybridized carbons (Fsp3) is 0.160. The fourth-order valence-corrected chi connectivity index (χ4v) is 3.89. The van der Waals surface area contributed by atoms with Crippen molar-refractivity contribution < 1.29 is 9.53 Å². The molecule has 1 aromatic heterocycles. The highest BCUT2D eigenvalue weighted by Gasteiger charge is 2.21. The number of carbonyl (C=O) groups excluding carboxylic acids is 1. The van der Waals surface area contributed by atoms with E-state index in [1.807, 2.05) is 54.7 Å². The molecule has 6 nitrogen and oxygen atoms in total. The molecule has 0 fully saturated rings. The molecule has 0 spiro atoms. The Hall–Kier alpha value is -3.93. The number of amides is 2. The minimum atomic E-state index is -0.197. The van der Waals surface area contributed by atoms with Gasteiger partial charge in [-0.2, -0.15) is 0 Å². The average molecular weight is 412 g/mol. The molecule has 31 heavy (non-hydrogen) atoms. The molecule has 0 aliphatic carbocycles. The predicted molar refractivity (Wildman–Crippen MR) is 125 cm³/mol. The number of anilines is 3. The highest BCUT2D eigenvalue weighted by Crippen LogP contribution is 2.36. The van der Waals surface area contributed by atoms with Crippen molar-refractivity contribution in [3.05, 3.63) is 84.6 Å².